The molecular formula is C14H28O4Si. The van der Waals surface area contributed by atoms with Crippen molar-refractivity contribution in [2.75, 3.05) is 19.8 Å². The monoisotopic (exact) mass is 288 g/mol. The molecule has 2 aliphatic rings. The van der Waals surface area contributed by atoms with Crippen LogP contribution in [0.25, 0.3) is 0 Å². The fraction of sp³-hybridized carbons (Fsp3) is 1.00. The van der Waals surface area contributed by atoms with Gasteiger partial charge in [-0.25, -0.2) is 0 Å². The summed E-state index contributed by atoms with van der Waals surface area (Å²) >= 11 is 0. The van der Waals surface area contributed by atoms with Gasteiger partial charge in [0.15, 0.2) is 5.73 Å². The Bertz CT molecular complexity index is 258. The lowest BCUT2D eigenvalue weighted by molar-refractivity contribution is 0.00259. The zero-order chi connectivity index (χ0) is 13.7. The van der Waals surface area contributed by atoms with Gasteiger partial charge in [-0.15, -0.1) is 0 Å². The van der Waals surface area contributed by atoms with Crippen molar-refractivity contribution in [3.05, 3.63) is 0 Å². The van der Waals surface area contributed by atoms with Crippen molar-refractivity contribution in [1.82, 2.24) is 0 Å². The number of ether oxygens (including phenoxy) is 1. The van der Waals surface area contributed by atoms with Crippen LogP contribution in [0, 0.1) is 5.92 Å². The maximum atomic E-state index is 6.35. The smallest absolute Gasteiger partial charge is 0.372 e. The Morgan fingerprint density at radius 2 is 1.68 bits per heavy atom. The minimum Gasteiger partial charge on any atom is -0.372 e. The second-order valence-electron chi connectivity index (χ2n) is 5.51. The first-order valence-electron chi connectivity index (χ1n) is 7.79. The Kier molecular flexibility index (Phi) is 5.83. The SMILES string of the molecule is CCO[Si](OCC)(OC(C)C1CCCCC1)C1CO1. The molecule has 4 nitrogen and oxygen atoms in total. The van der Waals surface area contributed by atoms with E-state index < -0.39 is 8.80 Å². The average molecular weight is 288 g/mol. The maximum Gasteiger partial charge on any atom is 0.534 e. The van der Waals surface area contributed by atoms with Gasteiger partial charge in [-0.05, 0) is 39.5 Å². The molecule has 2 unspecified atom stereocenters. The highest BCUT2D eigenvalue weighted by atomic mass is 28.4. The Labute approximate surface area is 118 Å². The van der Waals surface area contributed by atoms with Gasteiger partial charge in [-0.2, -0.15) is 0 Å². The fourth-order valence-electron chi connectivity index (χ4n) is 2.99. The number of epoxide rings is 1. The minimum absolute atomic E-state index is 0.0680. The summed E-state index contributed by atoms with van der Waals surface area (Å²) in [5.74, 6) is 0.653. The van der Waals surface area contributed by atoms with E-state index in [4.69, 9.17) is 18.0 Å². The molecule has 0 N–H and O–H groups in total. The quantitative estimate of drug-likeness (QED) is 0.508. The molecule has 1 heterocycles. The third kappa shape index (κ3) is 4.01. The molecule has 0 amide bonds. The zero-order valence-electron chi connectivity index (χ0n) is 12.5. The van der Waals surface area contributed by atoms with Crippen molar-refractivity contribution >= 4 is 8.80 Å². The van der Waals surface area contributed by atoms with Crippen LogP contribution in [0.1, 0.15) is 52.9 Å². The van der Waals surface area contributed by atoms with Crippen LogP contribution in [0.4, 0.5) is 0 Å². The topological polar surface area (TPSA) is 40.2 Å². The van der Waals surface area contributed by atoms with Crippen LogP contribution in [0.5, 0.6) is 0 Å². The Balaban J connectivity index is 1.97. The largest absolute Gasteiger partial charge is 0.534 e. The molecule has 2 fully saturated rings. The van der Waals surface area contributed by atoms with Gasteiger partial charge in [-0.1, -0.05) is 19.3 Å². The molecule has 2 atom stereocenters. The second kappa shape index (κ2) is 7.18. The van der Waals surface area contributed by atoms with Gasteiger partial charge in [0.25, 0.3) is 0 Å². The number of hydrogen-bond donors (Lipinski definition) is 0. The second-order valence-corrected chi connectivity index (χ2v) is 8.18. The summed E-state index contributed by atoms with van der Waals surface area (Å²) in [4.78, 5) is 0. The molecule has 1 aliphatic heterocycles. The van der Waals surface area contributed by atoms with E-state index in [0.29, 0.717) is 19.1 Å². The highest BCUT2D eigenvalue weighted by molar-refractivity contribution is 6.63. The average Bonchev–Trinajstić information content (AvgIpc) is 3.25. The van der Waals surface area contributed by atoms with E-state index >= 15 is 0 Å². The van der Waals surface area contributed by atoms with Crippen molar-refractivity contribution in [1.29, 1.82) is 0 Å². The summed E-state index contributed by atoms with van der Waals surface area (Å²) in [5, 5.41) is 0. The summed E-state index contributed by atoms with van der Waals surface area (Å²) in [7, 11) is -2.63. The summed E-state index contributed by atoms with van der Waals surface area (Å²) in [6.45, 7) is 8.16. The summed E-state index contributed by atoms with van der Waals surface area (Å²) in [5.41, 5.74) is 0.0680. The van der Waals surface area contributed by atoms with Gasteiger partial charge in [0.05, 0.1) is 6.61 Å². The van der Waals surface area contributed by atoms with Gasteiger partial charge in [0.2, 0.25) is 0 Å². The van der Waals surface area contributed by atoms with Crippen LogP contribution in [0.3, 0.4) is 0 Å². The highest BCUT2D eigenvalue weighted by Gasteiger charge is 2.58. The normalized spacial score (nSPS) is 26.4. The molecule has 1 saturated heterocycles. The molecule has 5 heteroatoms. The lowest BCUT2D eigenvalue weighted by Crippen LogP contribution is -2.54. The fourth-order valence-corrected chi connectivity index (χ4v) is 5.75. The first kappa shape index (κ1) is 15.4. The number of rotatable bonds is 8. The summed E-state index contributed by atoms with van der Waals surface area (Å²) in [6.07, 6.45) is 6.79. The van der Waals surface area contributed by atoms with Crippen LogP contribution < -0.4 is 0 Å². The molecule has 1 saturated carbocycles. The molecule has 0 aromatic rings. The van der Waals surface area contributed by atoms with Crippen LogP contribution >= 0.6 is 0 Å². The zero-order valence-corrected chi connectivity index (χ0v) is 13.5. The Morgan fingerprint density at radius 3 is 2.16 bits per heavy atom. The third-order valence-electron chi connectivity index (χ3n) is 4.08. The highest BCUT2D eigenvalue weighted by Crippen LogP contribution is 2.33. The lowest BCUT2D eigenvalue weighted by Gasteiger charge is -2.35. The van der Waals surface area contributed by atoms with Crippen molar-refractivity contribution < 1.29 is 18.0 Å². The molecular weight excluding hydrogens is 260 g/mol. The van der Waals surface area contributed by atoms with Crippen LogP contribution in [0.15, 0.2) is 0 Å². The molecule has 0 aromatic heterocycles. The van der Waals surface area contributed by atoms with Gasteiger partial charge in [0.1, 0.15) is 0 Å². The van der Waals surface area contributed by atoms with E-state index in [1.807, 2.05) is 13.8 Å². The van der Waals surface area contributed by atoms with E-state index in [-0.39, 0.29) is 11.8 Å². The molecule has 2 rings (SSSR count). The minimum atomic E-state index is -2.63. The van der Waals surface area contributed by atoms with E-state index in [9.17, 15) is 0 Å². The Hall–Kier alpha value is 0.0569. The van der Waals surface area contributed by atoms with E-state index in [1.54, 1.807) is 0 Å². The molecule has 0 aromatic carbocycles. The van der Waals surface area contributed by atoms with E-state index in [2.05, 4.69) is 6.92 Å². The molecule has 112 valence electrons. The standard InChI is InChI=1S/C14H28O4Si/c1-4-16-19(17-5-2,14-11-15-14)18-12(3)13-9-7-6-8-10-13/h12-14H,4-11H2,1-3H3. The molecule has 0 radical (unpaired) electrons. The van der Waals surface area contributed by atoms with Crippen LogP contribution in [0.2, 0.25) is 0 Å². The summed E-state index contributed by atoms with van der Waals surface area (Å²) in [6, 6.07) is 0. The molecule has 1 aliphatic carbocycles. The van der Waals surface area contributed by atoms with Crippen molar-refractivity contribution in [3.8, 4) is 0 Å². The Morgan fingerprint density at radius 1 is 1.11 bits per heavy atom. The maximum absolute atomic E-state index is 6.35. The van der Waals surface area contributed by atoms with Gasteiger partial charge >= 0.3 is 8.80 Å². The van der Waals surface area contributed by atoms with Crippen LogP contribution in [-0.4, -0.2) is 40.5 Å². The molecule has 0 spiro atoms. The van der Waals surface area contributed by atoms with Crippen molar-refractivity contribution in [3.63, 3.8) is 0 Å². The van der Waals surface area contributed by atoms with Crippen molar-refractivity contribution in [2.24, 2.45) is 5.92 Å². The number of hydrogen-bond acceptors (Lipinski definition) is 4. The van der Waals surface area contributed by atoms with Gasteiger partial charge in [-0.3, -0.25) is 0 Å². The summed E-state index contributed by atoms with van der Waals surface area (Å²) < 4.78 is 23.7. The lowest BCUT2D eigenvalue weighted by atomic mass is 9.86. The first-order chi connectivity index (χ1) is 9.22. The third-order valence-corrected chi connectivity index (χ3v) is 7.29. The first-order valence-corrected chi connectivity index (χ1v) is 9.59. The van der Waals surface area contributed by atoms with Gasteiger partial charge < -0.3 is 18.0 Å². The predicted octanol–water partition coefficient (Wildman–Crippen LogP) is 2.92. The molecule has 0 bridgehead atoms. The predicted molar refractivity (Wildman–Crippen MR) is 75.9 cm³/mol. The van der Waals surface area contributed by atoms with E-state index in [1.165, 1.54) is 32.1 Å². The van der Waals surface area contributed by atoms with Crippen molar-refractivity contribution in [2.45, 2.75) is 64.7 Å². The van der Waals surface area contributed by atoms with Crippen LogP contribution in [-0.2, 0) is 18.0 Å². The molecule has 19 heavy (non-hydrogen) atoms. The van der Waals surface area contributed by atoms with E-state index in [0.717, 1.165) is 6.61 Å². The van der Waals surface area contributed by atoms with Gasteiger partial charge in [0, 0.05) is 19.3 Å².